The van der Waals surface area contributed by atoms with Gasteiger partial charge in [-0.25, -0.2) is 0 Å². The molecule has 3 nitrogen and oxygen atoms in total. The molecule has 6 heteroatoms. The topological polar surface area (TPSA) is 35.0 Å². The van der Waals surface area contributed by atoms with Gasteiger partial charge in [0.25, 0.3) is 0 Å². The van der Waals surface area contributed by atoms with Crippen molar-refractivity contribution in [3.8, 4) is 16.3 Å². The average molecular weight is 616 g/mol. The van der Waals surface area contributed by atoms with Gasteiger partial charge in [-0.05, 0) is 62.9 Å². The molecule has 0 spiro atoms. The lowest BCUT2D eigenvalue weighted by molar-refractivity contribution is 0.306. The lowest BCUT2D eigenvalue weighted by Crippen LogP contribution is -2.11. The van der Waals surface area contributed by atoms with Gasteiger partial charge >= 0.3 is 0 Å². The molecule has 0 saturated heterocycles. The normalized spacial score (nSPS) is 12.8. The molecule has 216 valence electrons. The van der Waals surface area contributed by atoms with Crippen LogP contribution in [0.25, 0.3) is 10.6 Å². The largest absolute Gasteiger partial charge is 0.489 e. The van der Waals surface area contributed by atoms with Gasteiger partial charge < -0.3 is 4.74 Å². The Morgan fingerprint density at radius 1 is 0.690 bits per heavy atom. The zero-order valence-corrected chi connectivity index (χ0v) is 27.2. The number of aromatic nitrogens is 2. The molecular weight excluding hydrogens is 579 g/mol. The summed E-state index contributed by atoms with van der Waals surface area (Å²) >= 11 is 14.3. The van der Waals surface area contributed by atoms with E-state index in [-0.39, 0.29) is 16.7 Å². The molecule has 5 rings (SSSR count). The molecule has 5 aromatic rings. The minimum Gasteiger partial charge on any atom is -0.489 e. The number of halogens is 2. The highest BCUT2D eigenvalue weighted by Gasteiger charge is 2.24. The maximum absolute atomic E-state index is 6.46. The zero-order chi connectivity index (χ0) is 30.1. The molecule has 0 N–H and O–H groups in total. The predicted molar refractivity (Wildman–Crippen MR) is 177 cm³/mol. The lowest BCUT2D eigenvalue weighted by Gasteiger charge is -2.21. The van der Waals surface area contributed by atoms with Crippen LogP contribution >= 0.6 is 34.5 Å². The molecule has 0 amide bonds. The monoisotopic (exact) mass is 614 g/mol. The Bertz CT molecular complexity index is 1660. The quantitative estimate of drug-likeness (QED) is 0.183. The number of rotatable bonds is 7. The van der Waals surface area contributed by atoms with E-state index < -0.39 is 0 Å². The first kappa shape index (κ1) is 30.3. The van der Waals surface area contributed by atoms with Gasteiger partial charge in [-0.3, -0.25) is 0 Å². The molecule has 1 aromatic heterocycles. The summed E-state index contributed by atoms with van der Waals surface area (Å²) in [7, 11) is 0. The Hall–Kier alpha value is -3.18. The highest BCUT2D eigenvalue weighted by Crippen LogP contribution is 2.39. The molecule has 0 aliphatic carbocycles. The molecule has 0 aliphatic heterocycles. The number of nitrogens with zero attached hydrogens (tertiary/aromatic N) is 2. The van der Waals surface area contributed by atoms with E-state index >= 15 is 0 Å². The van der Waals surface area contributed by atoms with E-state index in [0.717, 1.165) is 38.0 Å². The summed E-state index contributed by atoms with van der Waals surface area (Å²) in [6.07, 6.45) is 0. The third-order valence-electron chi connectivity index (χ3n) is 7.38. The summed E-state index contributed by atoms with van der Waals surface area (Å²) < 4.78 is 6.16. The van der Waals surface area contributed by atoms with Crippen molar-refractivity contribution < 1.29 is 4.74 Å². The third-order valence-corrected chi connectivity index (χ3v) is 9.16. The number of hydrogen-bond acceptors (Lipinski definition) is 4. The summed E-state index contributed by atoms with van der Waals surface area (Å²) in [6, 6.07) is 31.2. The van der Waals surface area contributed by atoms with E-state index in [1.54, 1.807) is 11.3 Å². The van der Waals surface area contributed by atoms with Crippen molar-refractivity contribution in [2.24, 2.45) is 0 Å². The summed E-state index contributed by atoms with van der Waals surface area (Å²) in [5, 5.41) is 12.0. The van der Waals surface area contributed by atoms with E-state index in [0.29, 0.717) is 16.7 Å². The molecule has 1 atom stereocenters. The van der Waals surface area contributed by atoms with Crippen LogP contribution in [0.5, 0.6) is 5.75 Å². The van der Waals surface area contributed by atoms with Crippen LogP contribution in [-0.2, 0) is 17.4 Å². The Labute approximate surface area is 263 Å². The minimum absolute atomic E-state index is 0.0660. The molecule has 1 heterocycles. The molecule has 0 saturated carbocycles. The van der Waals surface area contributed by atoms with E-state index in [4.69, 9.17) is 27.9 Å². The highest BCUT2D eigenvalue weighted by atomic mass is 35.5. The molecule has 0 radical (unpaired) electrons. The molecule has 1 unspecified atom stereocenters. The minimum atomic E-state index is -0.129. The molecule has 42 heavy (non-hydrogen) atoms. The maximum atomic E-state index is 6.46. The van der Waals surface area contributed by atoms with E-state index in [2.05, 4.69) is 100 Å². The summed E-state index contributed by atoms with van der Waals surface area (Å²) in [4.78, 5) is 0. The summed E-state index contributed by atoms with van der Waals surface area (Å²) in [6.45, 7) is 13.8. The van der Waals surface area contributed by atoms with Crippen LogP contribution in [0.15, 0.2) is 91.0 Å². The van der Waals surface area contributed by atoms with E-state index in [9.17, 15) is 0 Å². The van der Waals surface area contributed by atoms with Crippen LogP contribution in [-0.4, -0.2) is 10.2 Å². The summed E-state index contributed by atoms with van der Waals surface area (Å²) in [5.74, 6) is 0.665. The fourth-order valence-corrected chi connectivity index (χ4v) is 6.10. The van der Waals surface area contributed by atoms with Crippen LogP contribution in [0.1, 0.15) is 80.3 Å². The van der Waals surface area contributed by atoms with Gasteiger partial charge in [-0.2, -0.15) is 0 Å². The van der Waals surface area contributed by atoms with Crippen LogP contribution in [0.3, 0.4) is 0 Å². The van der Waals surface area contributed by atoms with Gasteiger partial charge in [0.05, 0.1) is 16.0 Å². The summed E-state index contributed by atoms with van der Waals surface area (Å²) in [5.41, 5.74) is 7.02. The van der Waals surface area contributed by atoms with Crippen LogP contribution < -0.4 is 4.74 Å². The third kappa shape index (κ3) is 7.06. The van der Waals surface area contributed by atoms with Crippen molar-refractivity contribution in [2.45, 2.75) is 64.9 Å². The van der Waals surface area contributed by atoms with Crippen molar-refractivity contribution in [2.75, 3.05) is 0 Å². The SMILES string of the molecule is CC(C)(C)c1ccc(COc2cccc(-c3nnc(C(c4ccc(C(C)(C)C)cc4)c4ccc(Cl)c(Cl)c4)s3)c2)cc1. The Morgan fingerprint density at radius 3 is 1.93 bits per heavy atom. The van der Waals surface area contributed by atoms with Crippen molar-refractivity contribution in [3.63, 3.8) is 0 Å². The van der Waals surface area contributed by atoms with Crippen molar-refractivity contribution >= 4 is 34.5 Å². The van der Waals surface area contributed by atoms with E-state index in [1.165, 1.54) is 11.1 Å². The van der Waals surface area contributed by atoms with E-state index in [1.807, 2.05) is 42.5 Å². The van der Waals surface area contributed by atoms with Crippen molar-refractivity contribution in [3.05, 3.63) is 134 Å². The number of benzene rings is 4. The van der Waals surface area contributed by atoms with Gasteiger partial charge in [0.2, 0.25) is 0 Å². The number of ether oxygens (including phenoxy) is 1. The second kappa shape index (κ2) is 12.2. The van der Waals surface area contributed by atoms with Gasteiger partial charge in [-0.1, -0.05) is 143 Å². The smallest absolute Gasteiger partial charge is 0.147 e. The predicted octanol–water partition coefficient (Wildman–Crippen LogP) is 10.9. The van der Waals surface area contributed by atoms with Crippen LogP contribution in [0.2, 0.25) is 10.0 Å². The second-order valence-corrected chi connectivity index (χ2v) is 14.5. The maximum Gasteiger partial charge on any atom is 0.147 e. The molecule has 0 fully saturated rings. The average Bonchev–Trinajstić information content (AvgIpc) is 3.43. The molecule has 0 aliphatic rings. The standard InChI is InChI=1S/C36H36Cl2N2OS/c1-35(2,3)27-15-10-23(11-16-27)22-41-29-9-7-8-26(20-29)33-39-40-34(42-33)32(25-14-19-30(37)31(38)21-25)24-12-17-28(18-13-24)36(4,5)6/h7-21,32H,22H2,1-6H3. The van der Waals surface area contributed by atoms with Crippen molar-refractivity contribution in [1.82, 2.24) is 10.2 Å². The molecule has 4 aromatic carbocycles. The van der Waals surface area contributed by atoms with Gasteiger partial charge in [0, 0.05) is 5.56 Å². The first-order valence-electron chi connectivity index (χ1n) is 14.1. The molecule has 0 bridgehead atoms. The van der Waals surface area contributed by atoms with Gasteiger partial charge in [-0.15, -0.1) is 10.2 Å². The first-order chi connectivity index (χ1) is 19.9. The zero-order valence-electron chi connectivity index (χ0n) is 24.9. The van der Waals surface area contributed by atoms with Gasteiger partial charge in [0.1, 0.15) is 22.4 Å². The van der Waals surface area contributed by atoms with Crippen LogP contribution in [0, 0.1) is 0 Å². The van der Waals surface area contributed by atoms with Crippen molar-refractivity contribution in [1.29, 1.82) is 0 Å². The second-order valence-electron chi connectivity index (χ2n) is 12.7. The first-order valence-corrected chi connectivity index (χ1v) is 15.7. The lowest BCUT2D eigenvalue weighted by atomic mass is 9.84. The fourth-order valence-electron chi connectivity index (χ4n) is 4.80. The highest BCUT2D eigenvalue weighted by molar-refractivity contribution is 7.14. The Kier molecular flexibility index (Phi) is 8.80. The van der Waals surface area contributed by atoms with Crippen LogP contribution in [0.4, 0.5) is 0 Å². The number of hydrogen-bond donors (Lipinski definition) is 0. The Morgan fingerprint density at radius 2 is 1.31 bits per heavy atom. The molecular formula is C36H36Cl2N2OS. The Balaban J connectivity index is 1.41. The van der Waals surface area contributed by atoms with Gasteiger partial charge in [0.15, 0.2) is 0 Å². The fraction of sp³-hybridized carbons (Fsp3) is 0.278.